The van der Waals surface area contributed by atoms with Crippen molar-refractivity contribution in [2.45, 2.75) is 29.7 Å². The lowest BCUT2D eigenvalue weighted by atomic mass is 10.2. The van der Waals surface area contributed by atoms with Gasteiger partial charge in [0.15, 0.2) is 11.0 Å². The second-order valence-electron chi connectivity index (χ2n) is 6.25. The monoisotopic (exact) mass is 380 g/mol. The van der Waals surface area contributed by atoms with Crippen molar-refractivity contribution < 1.29 is 9.72 Å². The smallest absolute Gasteiger partial charge is 0.269 e. The predicted octanol–water partition coefficient (Wildman–Crippen LogP) is 4.06. The van der Waals surface area contributed by atoms with Crippen molar-refractivity contribution in [1.29, 1.82) is 0 Å². The molecule has 0 bridgehead atoms. The summed E-state index contributed by atoms with van der Waals surface area (Å²) < 4.78 is 1.90. The summed E-state index contributed by atoms with van der Waals surface area (Å²) in [6, 6.07) is 15.9. The Kier molecular flexibility index (Phi) is 4.72. The minimum Gasteiger partial charge on any atom is -0.298 e. The lowest BCUT2D eigenvalue weighted by Crippen LogP contribution is -2.10. The summed E-state index contributed by atoms with van der Waals surface area (Å²) in [4.78, 5) is 22.5. The Labute approximate surface area is 159 Å². The van der Waals surface area contributed by atoms with Crippen LogP contribution >= 0.6 is 11.8 Å². The van der Waals surface area contributed by atoms with Crippen molar-refractivity contribution in [2.24, 2.45) is 0 Å². The van der Waals surface area contributed by atoms with Gasteiger partial charge in [0.1, 0.15) is 5.78 Å². The number of aromatic nitrogens is 3. The average molecular weight is 380 g/mol. The van der Waals surface area contributed by atoms with Gasteiger partial charge in [-0.1, -0.05) is 30.0 Å². The van der Waals surface area contributed by atoms with E-state index in [0.29, 0.717) is 17.4 Å². The van der Waals surface area contributed by atoms with Crippen LogP contribution in [0.1, 0.15) is 19.3 Å². The zero-order valence-corrected chi connectivity index (χ0v) is 15.1. The van der Waals surface area contributed by atoms with Crippen LogP contribution < -0.4 is 0 Å². The number of non-ortho nitro benzene ring substituents is 1. The number of benzene rings is 2. The van der Waals surface area contributed by atoms with E-state index < -0.39 is 4.92 Å². The summed E-state index contributed by atoms with van der Waals surface area (Å²) >= 11 is 1.44. The first-order valence-electron chi connectivity index (χ1n) is 8.58. The first-order chi connectivity index (χ1) is 13.1. The van der Waals surface area contributed by atoms with Crippen molar-refractivity contribution in [2.75, 3.05) is 0 Å². The molecule has 2 aromatic carbocycles. The van der Waals surface area contributed by atoms with Crippen molar-refractivity contribution in [3.63, 3.8) is 0 Å². The summed E-state index contributed by atoms with van der Waals surface area (Å²) in [5.41, 5.74) is 1.63. The van der Waals surface area contributed by atoms with Crippen LogP contribution in [-0.4, -0.2) is 30.7 Å². The number of nitro benzene ring substituents is 1. The Morgan fingerprint density at radius 1 is 1.07 bits per heavy atom. The highest BCUT2D eigenvalue weighted by molar-refractivity contribution is 8.00. The fourth-order valence-electron chi connectivity index (χ4n) is 3.11. The second kappa shape index (κ2) is 7.32. The highest BCUT2D eigenvalue weighted by Gasteiger charge is 2.28. The van der Waals surface area contributed by atoms with Crippen molar-refractivity contribution in [1.82, 2.24) is 14.8 Å². The Balaban J connectivity index is 1.77. The van der Waals surface area contributed by atoms with E-state index in [-0.39, 0.29) is 16.7 Å². The van der Waals surface area contributed by atoms with Gasteiger partial charge < -0.3 is 0 Å². The Hall–Kier alpha value is -3.00. The largest absolute Gasteiger partial charge is 0.298 e. The normalized spacial score (nSPS) is 16.6. The number of carbonyl (C=O) groups excluding carboxylic acids is 1. The van der Waals surface area contributed by atoms with Crippen LogP contribution in [0.2, 0.25) is 0 Å². The van der Waals surface area contributed by atoms with Crippen LogP contribution in [0.15, 0.2) is 59.8 Å². The van der Waals surface area contributed by atoms with E-state index in [0.717, 1.165) is 24.1 Å². The van der Waals surface area contributed by atoms with Crippen molar-refractivity contribution >= 4 is 23.2 Å². The fraction of sp³-hybridized carbons (Fsp3) is 0.211. The molecule has 1 aromatic heterocycles. The highest BCUT2D eigenvalue weighted by Crippen LogP contribution is 2.35. The summed E-state index contributed by atoms with van der Waals surface area (Å²) in [7, 11) is 0. The van der Waals surface area contributed by atoms with Crippen LogP contribution in [0.4, 0.5) is 5.69 Å². The Morgan fingerprint density at radius 2 is 1.81 bits per heavy atom. The van der Waals surface area contributed by atoms with Crippen molar-refractivity contribution in [3.8, 4) is 17.1 Å². The molecule has 4 rings (SSSR count). The molecule has 0 N–H and O–H groups in total. The summed E-state index contributed by atoms with van der Waals surface area (Å²) in [6.45, 7) is 0. The number of nitro groups is 1. The number of carbonyl (C=O) groups is 1. The quantitative estimate of drug-likeness (QED) is 0.490. The number of nitrogens with zero attached hydrogens (tertiary/aromatic N) is 4. The van der Waals surface area contributed by atoms with Gasteiger partial charge in [-0.15, -0.1) is 10.2 Å². The molecule has 0 saturated heterocycles. The number of rotatable bonds is 5. The van der Waals surface area contributed by atoms with Gasteiger partial charge >= 0.3 is 0 Å². The number of hydrogen-bond donors (Lipinski definition) is 0. The zero-order valence-electron chi connectivity index (χ0n) is 14.3. The van der Waals surface area contributed by atoms with Gasteiger partial charge in [-0.05, 0) is 37.1 Å². The first-order valence-corrected chi connectivity index (χ1v) is 9.46. The third-order valence-corrected chi connectivity index (χ3v) is 5.74. The molecule has 3 aromatic rings. The average Bonchev–Trinajstić information content (AvgIpc) is 3.29. The first kappa shape index (κ1) is 17.4. The van der Waals surface area contributed by atoms with Gasteiger partial charge in [-0.3, -0.25) is 19.5 Å². The van der Waals surface area contributed by atoms with Crippen LogP contribution in [0.25, 0.3) is 17.1 Å². The molecule has 0 radical (unpaired) electrons. The molecule has 27 heavy (non-hydrogen) atoms. The van der Waals surface area contributed by atoms with Gasteiger partial charge in [0, 0.05) is 29.8 Å². The molecule has 1 aliphatic carbocycles. The van der Waals surface area contributed by atoms with E-state index in [4.69, 9.17) is 0 Å². The Morgan fingerprint density at radius 3 is 2.44 bits per heavy atom. The van der Waals surface area contributed by atoms with Gasteiger partial charge in [-0.25, -0.2) is 0 Å². The standard InChI is InChI=1S/C19H16N4O3S/c24-16-7-4-8-17(16)27-19-21-20-18(22(19)14-5-2-1-3-6-14)13-9-11-15(12-10-13)23(25)26/h1-3,5-6,9-12,17H,4,7-8H2/t17-/m1/s1. The summed E-state index contributed by atoms with van der Waals surface area (Å²) in [5.74, 6) is 0.837. The number of para-hydroxylation sites is 1. The van der Waals surface area contributed by atoms with Gasteiger partial charge in [0.25, 0.3) is 5.69 Å². The van der Waals surface area contributed by atoms with Crippen LogP contribution in [0, 0.1) is 10.1 Å². The van der Waals surface area contributed by atoms with Crippen LogP contribution in [0.5, 0.6) is 0 Å². The number of ketones is 1. The third kappa shape index (κ3) is 3.48. The zero-order chi connectivity index (χ0) is 18.8. The molecular formula is C19H16N4O3S. The SMILES string of the molecule is O=C1CCC[C@H]1Sc1nnc(-c2ccc([N+](=O)[O-])cc2)n1-c1ccccc1. The van der Waals surface area contributed by atoms with Crippen LogP contribution in [0.3, 0.4) is 0 Å². The van der Waals surface area contributed by atoms with E-state index in [9.17, 15) is 14.9 Å². The highest BCUT2D eigenvalue weighted by atomic mass is 32.2. The number of hydrogen-bond acceptors (Lipinski definition) is 6. The van der Waals surface area contributed by atoms with E-state index in [1.54, 1.807) is 12.1 Å². The molecule has 8 heteroatoms. The van der Waals surface area contributed by atoms with E-state index in [2.05, 4.69) is 10.2 Å². The number of thioether (sulfide) groups is 1. The molecule has 1 atom stereocenters. The molecular weight excluding hydrogens is 364 g/mol. The summed E-state index contributed by atoms with van der Waals surface area (Å²) in [5, 5.41) is 20.1. The molecule has 136 valence electrons. The predicted molar refractivity (Wildman–Crippen MR) is 102 cm³/mol. The van der Waals surface area contributed by atoms with E-state index in [1.807, 2.05) is 34.9 Å². The summed E-state index contributed by atoms with van der Waals surface area (Å²) in [6.07, 6.45) is 2.37. The minimum absolute atomic E-state index is 0.0238. The Bertz CT molecular complexity index is 986. The molecule has 0 amide bonds. The van der Waals surface area contributed by atoms with E-state index >= 15 is 0 Å². The maximum Gasteiger partial charge on any atom is 0.269 e. The maximum absolute atomic E-state index is 12.1. The maximum atomic E-state index is 12.1. The van der Waals surface area contributed by atoms with E-state index in [1.165, 1.54) is 23.9 Å². The topological polar surface area (TPSA) is 90.9 Å². The molecule has 7 nitrogen and oxygen atoms in total. The van der Waals surface area contributed by atoms with Gasteiger partial charge in [0.2, 0.25) is 0 Å². The molecule has 0 aliphatic heterocycles. The molecule has 1 saturated carbocycles. The molecule has 0 spiro atoms. The van der Waals surface area contributed by atoms with Crippen LogP contribution in [-0.2, 0) is 4.79 Å². The number of Topliss-reactive ketones (excluding diaryl/α,β-unsaturated/α-hetero) is 1. The lowest BCUT2D eigenvalue weighted by Gasteiger charge is -2.12. The minimum atomic E-state index is -0.432. The lowest BCUT2D eigenvalue weighted by molar-refractivity contribution is -0.384. The third-order valence-electron chi connectivity index (χ3n) is 4.48. The van der Waals surface area contributed by atoms with Crippen molar-refractivity contribution in [3.05, 3.63) is 64.7 Å². The molecule has 1 aliphatic rings. The second-order valence-corrected chi connectivity index (χ2v) is 7.42. The molecule has 0 unspecified atom stereocenters. The molecule has 1 heterocycles. The van der Waals surface area contributed by atoms with Gasteiger partial charge in [-0.2, -0.15) is 0 Å². The molecule has 1 fully saturated rings. The van der Waals surface area contributed by atoms with Gasteiger partial charge in [0.05, 0.1) is 10.2 Å². The fourth-order valence-corrected chi connectivity index (χ4v) is 4.28.